The van der Waals surface area contributed by atoms with Gasteiger partial charge in [-0.15, -0.1) is 0 Å². The van der Waals surface area contributed by atoms with Crippen LogP contribution in [0.4, 0.5) is 5.69 Å². The van der Waals surface area contributed by atoms with Crippen LogP contribution < -0.4 is 4.90 Å². The Morgan fingerprint density at radius 1 is 1.22 bits per heavy atom. The predicted octanol–water partition coefficient (Wildman–Crippen LogP) is 2.00. The van der Waals surface area contributed by atoms with Crippen molar-refractivity contribution in [3.8, 4) is 0 Å². The van der Waals surface area contributed by atoms with Gasteiger partial charge in [0.15, 0.2) is 0 Å². The zero-order chi connectivity index (χ0) is 19.3. The van der Waals surface area contributed by atoms with Crippen LogP contribution in [0.3, 0.4) is 0 Å². The van der Waals surface area contributed by atoms with Crippen molar-refractivity contribution in [2.24, 2.45) is 5.41 Å². The summed E-state index contributed by atoms with van der Waals surface area (Å²) in [6, 6.07) is 9.99. The normalized spacial score (nSPS) is 23.0. The lowest BCUT2D eigenvalue weighted by molar-refractivity contribution is -0.143. The van der Waals surface area contributed by atoms with Gasteiger partial charge in [-0.25, -0.2) is 0 Å². The standard InChI is InChI=1S/C21H31N3O3/c1-22(18-7-4-3-5-8-18)15-20(26)23-12-6-10-21(16-23)11-9-19(25)24(17-21)13-14-27-2/h3-5,7-8H,6,9-17H2,1-2H3/t21-/m1/s1. The first kappa shape index (κ1) is 19.7. The van der Waals surface area contributed by atoms with E-state index in [2.05, 4.69) is 0 Å². The molecule has 2 aliphatic rings. The highest BCUT2D eigenvalue weighted by Gasteiger charge is 2.42. The summed E-state index contributed by atoms with van der Waals surface area (Å²) in [4.78, 5) is 31.1. The number of amides is 2. The topological polar surface area (TPSA) is 53.1 Å². The van der Waals surface area contributed by atoms with E-state index in [1.807, 2.05) is 52.1 Å². The number of likely N-dealkylation sites (tertiary alicyclic amines) is 2. The van der Waals surface area contributed by atoms with Gasteiger partial charge in [-0.3, -0.25) is 9.59 Å². The zero-order valence-electron chi connectivity index (χ0n) is 16.5. The zero-order valence-corrected chi connectivity index (χ0v) is 16.5. The highest BCUT2D eigenvalue weighted by Crippen LogP contribution is 2.38. The number of rotatable bonds is 6. The number of carbonyl (C=O) groups excluding carboxylic acids is 2. The molecule has 0 aromatic heterocycles. The van der Waals surface area contributed by atoms with Crippen LogP contribution in [-0.2, 0) is 14.3 Å². The van der Waals surface area contributed by atoms with E-state index in [1.54, 1.807) is 7.11 Å². The molecule has 6 nitrogen and oxygen atoms in total. The monoisotopic (exact) mass is 373 g/mol. The van der Waals surface area contributed by atoms with Crippen molar-refractivity contribution in [2.75, 3.05) is 58.4 Å². The third-order valence-electron chi connectivity index (χ3n) is 5.90. The quantitative estimate of drug-likeness (QED) is 0.765. The molecule has 6 heteroatoms. The summed E-state index contributed by atoms with van der Waals surface area (Å²) < 4.78 is 5.15. The van der Waals surface area contributed by atoms with Crippen LogP contribution in [0.2, 0.25) is 0 Å². The first-order valence-corrected chi connectivity index (χ1v) is 9.84. The van der Waals surface area contributed by atoms with E-state index in [0.717, 1.165) is 44.6 Å². The summed E-state index contributed by atoms with van der Waals surface area (Å²) in [6.07, 6.45) is 3.55. The Balaban J connectivity index is 1.61. The molecule has 0 bridgehead atoms. The molecular weight excluding hydrogens is 342 g/mol. The first-order chi connectivity index (χ1) is 13.0. The Labute approximate surface area is 162 Å². The van der Waals surface area contributed by atoms with Gasteiger partial charge in [-0.1, -0.05) is 18.2 Å². The van der Waals surface area contributed by atoms with E-state index in [1.165, 1.54) is 0 Å². The van der Waals surface area contributed by atoms with Gasteiger partial charge in [-0.2, -0.15) is 0 Å². The SMILES string of the molecule is COCCN1C[C@]2(CCCN(C(=O)CN(C)c3ccccc3)C2)CCC1=O. The molecule has 148 valence electrons. The number of anilines is 1. The summed E-state index contributed by atoms with van der Waals surface area (Å²) in [6.45, 7) is 3.90. The molecule has 2 saturated heterocycles. The van der Waals surface area contributed by atoms with E-state index in [0.29, 0.717) is 26.1 Å². The fourth-order valence-electron chi connectivity index (χ4n) is 4.34. The molecule has 1 spiro atoms. The van der Waals surface area contributed by atoms with Gasteiger partial charge < -0.3 is 19.4 Å². The first-order valence-electron chi connectivity index (χ1n) is 9.84. The summed E-state index contributed by atoms with van der Waals surface area (Å²) in [5.74, 6) is 0.380. The van der Waals surface area contributed by atoms with Gasteiger partial charge in [0.2, 0.25) is 11.8 Å². The Hall–Kier alpha value is -2.08. The maximum absolute atomic E-state index is 12.9. The average Bonchev–Trinajstić information content (AvgIpc) is 2.69. The Morgan fingerprint density at radius 2 is 2.00 bits per heavy atom. The summed E-state index contributed by atoms with van der Waals surface area (Å²) in [5.41, 5.74) is 1.09. The smallest absolute Gasteiger partial charge is 0.242 e. The molecule has 2 aliphatic heterocycles. The molecular formula is C21H31N3O3. The Kier molecular flexibility index (Phi) is 6.37. The predicted molar refractivity (Wildman–Crippen MR) is 106 cm³/mol. The molecule has 1 aromatic rings. The molecule has 0 unspecified atom stereocenters. The van der Waals surface area contributed by atoms with Crippen molar-refractivity contribution in [3.05, 3.63) is 30.3 Å². The van der Waals surface area contributed by atoms with E-state index in [-0.39, 0.29) is 17.2 Å². The summed E-state index contributed by atoms with van der Waals surface area (Å²) in [7, 11) is 3.62. The van der Waals surface area contributed by atoms with Crippen LogP contribution in [0.25, 0.3) is 0 Å². The maximum atomic E-state index is 12.9. The maximum Gasteiger partial charge on any atom is 0.242 e. The van der Waals surface area contributed by atoms with E-state index >= 15 is 0 Å². The van der Waals surface area contributed by atoms with Gasteiger partial charge in [0, 0.05) is 57.9 Å². The lowest BCUT2D eigenvalue weighted by Gasteiger charge is -2.48. The third-order valence-corrected chi connectivity index (χ3v) is 5.90. The number of piperidine rings is 2. The van der Waals surface area contributed by atoms with Crippen LogP contribution in [0, 0.1) is 5.41 Å². The van der Waals surface area contributed by atoms with Crippen LogP contribution in [-0.4, -0.2) is 75.1 Å². The summed E-state index contributed by atoms with van der Waals surface area (Å²) >= 11 is 0. The molecule has 0 aliphatic carbocycles. The second kappa shape index (κ2) is 8.74. The largest absolute Gasteiger partial charge is 0.383 e. The number of carbonyl (C=O) groups is 2. The number of benzene rings is 1. The molecule has 0 N–H and O–H groups in total. The second-order valence-electron chi connectivity index (χ2n) is 7.92. The third kappa shape index (κ3) is 4.80. The number of nitrogens with zero attached hydrogens (tertiary/aromatic N) is 3. The fraction of sp³-hybridized carbons (Fsp3) is 0.619. The molecule has 27 heavy (non-hydrogen) atoms. The average molecular weight is 373 g/mol. The number of hydrogen-bond acceptors (Lipinski definition) is 4. The fourth-order valence-corrected chi connectivity index (χ4v) is 4.34. The molecule has 2 heterocycles. The van der Waals surface area contributed by atoms with Crippen LogP contribution in [0.15, 0.2) is 30.3 Å². The molecule has 1 atom stereocenters. The number of para-hydroxylation sites is 1. The van der Waals surface area contributed by atoms with Gasteiger partial charge in [0.1, 0.15) is 0 Å². The van der Waals surface area contributed by atoms with Crippen LogP contribution in [0.5, 0.6) is 0 Å². The summed E-state index contributed by atoms with van der Waals surface area (Å²) in [5, 5.41) is 0. The van der Waals surface area contributed by atoms with Gasteiger partial charge in [0.05, 0.1) is 13.2 Å². The van der Waals surface area contributed by atoms with Gasteiger partial charge in [-0.05, 0) is 31.4 Å². The van der Waals surface area contributed by atoms with Crippen molar-refractivity contribution in [3.63, 3.8) is 0 Å². The van der Waals surface area contributed by atoms with E-state index < -0.39 is 0 Å². The van der Waals surface area contributed by atoms with Crippen molar-refractivity contribution < 1.29 is 14.3 Å². The highest BCUT2D eigenvalue weighted by atomic mass is 16.5. The molecule has 2 fully saturated rings. The minimum Gasteiger partial charge on any atom is -0.383 e. The number of ether oxygens (including phenoxy) is 1. The molecule has 0 radical (unpaired) electrons. The van der Waals surface area contributed by atoms with Crippen molar-refractivity contribution >= 4 is 17.5 Å². The Morgan fingerprint density at radius 3 is 2.74 bits per heavy atom. The van der Waals surface area contributed by atoms with Crippen molar-refractivity contribution in [2.45, 2.75) is 25.7 Å². The van der Waals surface area contributed by atoms with E-state index in [9.17, 15) is 9.59 Å². The van der Waals surface area contributed by atoms with Gasteiger partial charge >= 0.3 is 0 Å². The van der Waals surface area contributed by atoms with E-state index in [4.69, 9.17) is 4.74 Å². The molecule has 2 amide bonds. The Bertz CT molecular complexity index is 651. The minimum atomic E-state index is 0.0425. The van der Waals surface area contributed by atoms with Crippen LogP contribution >= 0.6 is 0 Å². The number of methoxy groups -OCH3 is 1. The molecule has 3 rings (SSSR count). The van der Waals surface area contributed by atoms with Crippen molar-refractivity contribution in [1.29, 1.82) is 0 Å². The number of hydrogen-bond donors (Lipinski definition) is 0. The second-order valence-corrected chi connectivity index (χ2v) is 7.92. The van der Waals surface area contributed by atoms with Crippen molar-refractivity contribution in [1.82, 2.24) is 9.80 Å². The lowest BCUT2D eigenvalue weighted by atomic mass is 9.73. The molecule has 1 aromatic carbocycles. The van der Waals surface area contributed by atoms with Gasteiger partial charge in [0.25, 0.3) is 0 Å². The highest BCUT2D eigenvalue weighted by molar-refractivity contribution is 5.81. The van der Waals surface area contributed by atoms with Crippen LogP contribution in [0.1, 0.15) is 25.7 Å². The minimum absolute atomic E-state index is 0.0425. The molecule has 0 saturated carbocycles. The number of likely N-dealkylation sites (N-methyl/N-ethyl adjacent to an activating group) is 1. The lowest BCUT2D eigenvalue weighted by Crippen LogP contribution is -2.56.